The lowest BCUT2D eigenvalue weighted by Crippen LogP contribution is -2.04. The van der Waals surface area contributed by atoms with Crippen molar-refractivity contribution in [3.8, 4) is 0 Å². The molecule has 0 aliphatic rings. The van der Waals surface area contributed by atoms with E-state index < -0.39 is 0 Å². The van der Waals surface area contributed by atoms with Gasteiger partial charge in [-0.1, -0.05) is 41.9 Å². The quantitative estimate of drug-likeness (QED) is 0.538. The normalized spacial score (nSPS) is 11.3. The second kappa shape index (κ2) is 5.54. The Bertz CT molecular complexity index is 849. The molecule has 3 rings (SSSR count). The van der Waals surface area contributed by atoms with Crippen LogP contribution < -0.4 is 0 Å². The van der Waals surface area contributed by atoms with Crippen molar-refractivity contribution in [2.75, 3.05) is 0 Å². The monoisotopic (exact) mass is 296 g/mol. The summed E-state index contributed by atoms with van der Waals surface area (Å²) >= 11 is 6.07. The molecule has 4 heteroatoms. The van der Waals surface area contributed by atoms with Crippen LogP contribution in [0.2, 0.25) is 5.02 Å². The van der Waals surface area contributed by atoms with Crippen molar-refractivity contribution in [3.05, 3.63) is 71.0 Å². The standard InChI is InChI=1S/C17H13ClN2O/c1-20-15-9-5-4-8-14(15)19-17(20)16(21)11-10-12-6-2-3-7-13(12)18/h2-11H,1H3. The fourth-order valence-electron chi connectivity index (χ4n) is 2.22. The number of carbonyl (C=O) groups excluding carboxylic acids is 1. The molecule has 0 bridgehead atoms. The number of nitrogens with zero attached hydrogens (tertiary/aromatic N) is 2. The van der Waals surface area contributed by atoms with E-state index in [1.54, 1.807) is 16.7 Å². The molecule has 0 aliphatic carbocycles. The largest absolute Gasteiger partial charge is 0.324 e. The summed E-state index contributed by atoms with van der Waals surface area (Å²) in [6.45, 7) is 0. The minimum absolute atomic E-state index is 0.145. The van der Waals surface area contributed by atoms with Gasteiger partial charge < -0.3 is 4.57 Å². The number of aromatic nitrogens is 2. The van der Waals surface area contributed by atoms with Gasteiger partial charge >= 0.3 is 0 Å². The van der Waals surface area contributed by atoms with Crippen LogP contribution in [-0.2, 0) is 7.05 Å². The lowest BCUT2D eigenvalue weighted by Gasteiger charge is -1.99. The molecule has 0 saturated carbocycles. The van der Waals surface area contributed by atoms with Crippen molar-refractivity contribution in [3.63, 3.8) is 0 Å². The molecule has 0 unspecified atom stereocenters. The van der Waals surface area contributed by atoms with Crippen LogP contribution in [0.3, 0.4) is 0 Å². The first-order valence-corrected chi connectivity index (χ1v) is 6.93. The maximum absolute atomic E-state index is 12.3. The lowest BCUT2D eigenvalue weighted by atomic mass is 10.2. The second-order valence-electron chi connectivity index (χ2n) is 4.70. The number of rotatable bonds is 3. The minimum Gasteiger partial charge on any atom is -0.324 e. The first-order chi connectivity index (χ1) is 10.2. The predicted octanol–water partition coefficient (Wildman–Crippen LogP) is 4.12. The number of ketones is 1. The van der Waals surface area contributed by atoms with E-state index >= 15 is 0 Å². The molecule has 0 atom stereocenters. The van der Waals surface area contributed by atoms with Crippen LogP contribution in [0, 0.1) is 0 Å². The van der Waals surface area contributed by atoms with Crippen LogP contribution >= 0.6 is 11.6 Å². The lowest BCUT2D eigenvalue weighted by molar-refractivity contribution is 0.103. The number of imidazole rings is 1. The van der Waals surface area contributed by atoms with Crippen molar-refractivity contribution in [2.45, 2.75) is 0 Å². The van der Waals surface area contributed by atoms with Gasteiger partial charge in [0.15, 0.2) is 5.82 Å². The maximum atomic E-state index is 12.3. The summed E-state index contributed by atoms with van der Waals surface area (Å²) in [5.74, 6) is 0.271. The van der Waals surface area contributed by atoms with Gasteiger partial charge in [0, 0.05) is 12.1 Å². The summed E-state index contributed by atoms with van der Waals surface area (Å²) in [6.07, 6.45) is 3.21. The summed E-state index contributed by atoms with van der Waals surface area (Å²) < 4.78 is 1.80. The van der Waals surface area contributed by atoms with Crippen molar-refractivity contribution in [2.24, 2.45) is 7.05 Å². The molecule has 0 amide bonds. The van der Waals surface area contributed by atoms with E-state index in [4.69, 9.17) is 11.6 Å². The number of halogens is 1. The zero-order chi connectivity index (χ0) is 14.8. The van der Waals surface area contributed by atoms with Crippen LogP contribution in [0.15, 0.2) is 54.6 Å². The summed E-state index contributed by atoms with van der Waals surface area (Å²) in [5, 5.41) is 0.617. The third-order valence-corrected chi connectivity index (χ3v) is 3.67. The molecule has 0 aliphatic heterocycles. The average Bonchev–Trinajstić information content (AvgIpc) is 2.84. The van der Waals surface area contributed by atoms with Gasteiger partial charge in [0.2, 0.25) is 5.78 Å². The summed E-state index contributed by atoms with van der Waals surface area (Å²) in [4.78, 5) is 16.7. The van der Waals surface area contributed by atoms with Gasteiger partial charge in [-0.2, -0.15) is 0 Å². The average molecular weight is 297 g/mol. The minimum atomic E-state index is -0.145. The van der Waals surface area contributed by atoms with Gasteiger partial charge in [0.1, 0.15) is 0 Å². The van der Waals surface area contributed by atoms with Gasteiger partial charge in [0.25, 0.3) is 0 Å². The molecular weight excluding hydrogens is 284 g/mol. The van der Waals surface area contributed by atoms with Gasteiger partial charge in [-0.3, -0.25) is 4.79 Å². The number of aryl methyl sites for hydroxylation is 1. The number of carbonyl (C=O) groups is 1. The van der Waals surface area contributed by atoms with Gasteiger partial charge in [-0.15, -0.1) is 0 Å². The number of hydrogen-bond donors (Lipinski definition) is 0. The number of fused-ring (bicyclic) bond motifs is 1. The smallest absolute Gasteiger partial charge is 0.221 e. The molecule has 3 nitrogen and oxygen atoms in total. The fourth-order valence-corrected chi connectivity index (χ4v) is 2.41. The molecule has 1 aromatic heterocycles. The van der Waals surface area contributed by atoms with Gasteiger partial charge in [0.05, 0.1) is 11.0 Å². The van der Waals surface area contributed by atoms with E-state index in [9.17, 15) is 4.79 Å². The highest BCUT2D eigenvalue weighted by Gasteiger charge is 2.12. The van der Waals surface area contributed by atoms with E-state index in [2.05, 4.69) is 4.98 Å². The molecule has 0 spiro atoms. The molecule has 0 N–H and O–H groups in total. The highest BCUT2D eigenvalue weighted by molar-refractivity contribution is 6.32. The molecule has 1 heterocycles. The third kappa shape index (κ3) is 2.60. The number of hydrogen-bond acceptors (Lipinski definition) is 2. The van der Waals surface area contributed by atoms with E-state index in [1.807, 2.05) is 49.5 Å². The van der Waals surface area contributed by atoms with Crippen LogP contribution in [0.25, 0.3) is 17.1 Å². The molecule has 0 radical (unpaired) electrons. The van der Waals surface area contributed by atoms with E-state index in [1.165, 1.54) is 6.08 Å². The van der Waals surface area contributed by atoms with Crippen molar-refractivity contribution in [1.82, 2.24) is 9.55 Å². The number of benzene rings is 2. The Morgan fingerprint density at radius 1 is 1.14 bits per heavy atom. The molecule has 3 aromatic rings. The Morgan fingerprint density at radius 2 is 1.86 bits per heavy atom. The Morgan fingerprint density at radius 3 is 2.62 bits per heavy atom. The summed E-state index contributed by atoms with van der Waals surface area (Å²) in [6, 6.07) is 15.1. The molecule has 104 valence electrons. The Balaban J connectivity index is 1.94. The number of allylic oxidation sites excluding steroid dienone is 1. The third-order valence-electron chi connectivity index (χ3n) is 3.33. The van der Waals surface area contributed by atoms with E-state index in [0.29, 0.717) is 10.8 Å². The van der Waals surface area contributed by atoms with E-state index in [-0.39, 0.29) is 5.78 Å². The Kier molecular flexibility index (Phi) is 3.59. The van der Waals surface area contributed by atoms with Gasteiger partial charge in [-0.05, 0) is 35.9 Å². The van der Waals surface area contributed by atoms with Crippen molar-refractivity contribution in [1.29, 1.82) is 0 Å². The topological polar surface area (TPSA) is 34.9 Å². The first kappa shape index (κ1) is 13.6. The van der Waals surface area contributed by atoms with E-state index in [0.717, 1.165) is 16.6 Å². The van der Waals surface area contributed by atoms with Gasteiger partial charge in [-0.25, -0.2) is 4.98 Å². The highest BCUT2D eigenvalue weighted by Crippen LogP contribution is 2.18. The zero-order valence-electron chi connectivity index (χ0n) is 11.5. The highest BCUT2D eigenvalue weighted by atomic mass is 35.5. The second-order valence-corrected chi connectivity index (χ2v) is 5.11. The first-order valence-electron chi connectivity index (χ1n) is 6.55. The number of para-hydroxylation sites is 2. The molecular formula is C17H13ClN2O. The molecule has 2 aromatic carbocycles. The summed E-state index contributed by atoms with van der Waals surface area (Å²) in [5.41, 5.74) is 2.56. The maximum Gasteiger partial charge on any atom is 0.221 e. The molecule has 21 heavy (non-hydrogen) atoms. The van der Waals surface area contributed by atoms with Crippen LogP contribution in [0.4, 0.5) is 0 Å². The van der Waals surface area contributed by atoms with Crippen molar-refractivity contribution < 1.29 is 4.79 Å². The predicted molar refractivity (Wildman–Crippen MR) is 85.5 cm³/mol. The van der Waals surface area contributed by atoms with Crippen LogP contribution in [0.5, 0.6) is 0 Å². The fraction of sp³-hybridized carbons (Fsp3) is 0.0588. The van der Waals surface area contributed by atoms with Crippen LogP contribution in [0.1, 0.15) is 16.2 Å². The summed E-state index contributed by atoms with van der Waals surface area (Å²) in [7, 11) is 1.84. The van der Waals surface area contributed by atoms with Crippen LogP contribution in [-0.4, -0.2) is 15.3 Å². The molecule has 0 fully saturated rings. The Hall–Kier alpha value is -2.39. The Labute approximate surface area is 127 Å². The van der Waals surface area contributed by atoms with Crippen molar-refractivity contribution >= 4 is 34.5 Å². The SMILES string of the molecule is Cn1c(C(=O)C=Cc2ccccc2Cl)nc2ccccc21. The molecule has 0 saturated heterocycles. The zero-order valence-corrected chi connectivity index (χ0v) is 12.2.